The molecule has 1 atom stereocenters. The molecular formula is C22H23N3O2. The zero-order valence-corrected chi connectivity index (χ0v) is 15.4. The van der Waals surface area contributed by atoms with Gasteiger partial charge in [0.05, 0.1) is 5.56 Å². The molecule has 2 heterocycles. The molecule has 138 valence electrons. The number of amides is 1. The monoisotopic (exact) mass is 361 g/mol. The number of likely N-dealkylation sites (tertiary alicyclic amines) is 1. The minimum absolute atomic E-state index is 0.363. The van der Waals surface area contributed by atoms with Crippen LogP contribution in [0.5, 0.6) is 11.6 Å². The van der Waals surface area contributed by atoms with Crippen molar-refractivity contribution in [2.45, 2.75) is 19.9 Å². The van der Waals surface area contributed by atoms with E-state index in [1.807, 2.05) is 12.1 Å². The molecule has 1 aromatic heterocycles. The molecule has 0 unspecified atom stereocenters. The minimum Gasteiger partial charge on any atom is -0.438 e. The standard InChI is InChI=1S/C22H23N3O2/c1-15-10-11-25(13-15)14-17-6-8-20(19-5-3-2-4-18(17)19)27-21-9-7-16(12-24-21)22(23)26/h2-9,12,15H,10-11,13-14H2,1H3,(H2,23,26)/t15-/m1/s1. The molecule has 2 aromatic carbocycles. The molecule has 1 amide bonds. The van der Waals surface area contributed by atoms with Crippen LogP contribution in [0.15, 0.2) is 54.7 Å². The van der Waals surface area contributed by atoms with E-state index in [-0.39, 0.29) is 0 Å². The quantitative estimate of drug-likeness (QED) is 0.747. The van der Waals surface area contributed by atoms with Crippen molar-refractivity contribution in [2.75, 3.05) is 13.1 Å². The van der Waals surface area contributed by atoms with Crippen LogP contribution in [0.25, 0.3) is 10.8 Å². The maximum atomic E-state index is 11.2. The van der Waals surface area contributed by atoms with Crippen LogP contribution in [0, 0.1) is 5.92 Å². The molecule has 0 radical (unpaired) electrons. The highest BCUT2D eigenvalue weighted by Gasteiger charge is 2.19. The predicted octanol–water partition coefficient (Wildman–Crippen LogP) is 3.97. The Bertz CT molecular complexity index is 969. The van der Waals surface area contributed by atoms with Crippen LogP contribution in [0.2, 0.25) is 0 Å². The Morgan fingerprint density at radius 2 is 2.00 bits per heavy atom. The van der Waals surface area contributed by atoms with E-state index in [9.17, 15) is 4.79 Å². The smallest absolute Gasteiger partial charge is 0.250 e. The van der Waals surface area contributed by atoms with Gasteiger partial charge in [-0.05, 0) is 42.0 Å². The molecular weight excluding hydrogens is 338 g/mol. The number of hydrogen-bond acceptors (Lipinski definition) is 4. The Hall–Kier alpha value is -2.92. The van der Waals surface area contributed by atoms with Gasteiger partial charge in [-0.15, -0.1) is 0 Å². The second kappa shape index (κ2) is 7.37. The lowest BCUT2D eigenvalue weighted by atomic mass is 10.0. The van der Waals surface area contributed by atoms with E-state index in [0.29, 0.717) is 11.4 Å². The van der Waals surface area contributed by atoms with Gasteiger partial charge in [0.1, 0.15) is 5.75 Å². The molecule has 3 aromatic rings. The maximum Gasteiger partial charge on any atom is 0.250 e. The van der Waals surface area contributed by atoms with Crippen LogP contribution in [-0.4, -0.2) is 28.9 Å². The van der Waals surface area contributed by atoms with Crippen LogP contribution < -0.4 is 10.5 Å². The summed E-state index contributed by atoms with van der Waals surface area (Å²) in [5.41, 5.74) is 6.93. The van der Waals surface area contributed by atoms with E-state index in [1.165, 1.54) is 23.6 Å². The number of nitrogens with two attached hydrogens (primary N) is 1. The van der Waals surface area contributed by atoms with E-state index in [2.05, 4.69) is 41.1 Å². The third-order valence-electron chi connectivity index (χ3n) is 5.11. The van der Waals surface area contributed by atoms with Gasteiger partial charge >= 0.3 is 0 Å². The summed E-state index contributed by atoms with van der Waals surface area (Å²) >= 11 is 0. The van der Waals surface area contributed by atoms with Gasteiger partial charge in [0.15, 0.2) is 0 Å². The summed E-state index contributed by atoms with van der Waals surface area (Å²) in [6, 6.07) is 15.7. The zero-order valence-electron chi connectivity index (χ0n) is 15.4. The number of rotatable bonds is 5. The summed E-state index contributed by atoms with van der Waals surface area (Å²) in [5.74, 6) is 1.46. The highest BCUT2D eigenvalue weighted by atomic mass is 16.5. The molecule has 1 aliphatic heterocycles. The summed E-state index contributed by atoms with van der Waals surface area (Å²) in [4.78, 5) is 17.9. The number of hydrogen-bond donors (Lipinski definition) is 1. The summed E-state index contributed by atoms with van der Waals surface area (Å²) in [7, 11) is 0. The van der Waals surface area contributed by atoms with Crippen molar-refractivity contribution in [1.29, 1.82) is 0 Å². The Balaban J connectivity index is 1.62. The summed E-state index contributed by atoms with van der Waals surface area (Å²) < 4.78 is 5.99. The second-order valence-electron chi connectivity index (χ2n) is 7.25. The van der Waals surface area contributed by atoms with Gasteiger partial charge in [-0.3, -0.25) is 9.69 Å². The van der Waals surface area contributed by atoms with Crippen molar-refractivity contribution >= 4 is 16.7 Å². The number of carbonyl (C=O) groups is 1. The van der Waals surface area contributed by atoms with Crippen molar-refractivity contribution in [1.82, 2.24) is 9.88 Å². The van der Waals surface area contributed by atoms with Gasteiger partial charge in [-0.2, -0.15) is 0 Å². The van der Waals surface area contributed by atoms with Crippen molar-refractivity contribution < 1.29 is 9.53 Å². The molecule has 1 saturated heterocycles. The minimum atomic E-state index is -0.500. The first-order valence-corrected chi connectivity index (χ1v) is 9.27. The van der Waals surface area contributed by atoms with Crippen molar-refractivity contribution in [3.8, 4) is 11.6 Å². The van der Waals surface area contributed by atoms with E-state index < -0.39 is 5.91 Å². The van der Waals surface area contributed by atoms with Crippen LogP contribution in [-0.2, 0) is 6.54 Å². The van der Waals surface area contributed by atoms with Crippen molar-refractivity contribution in [3.05, 3.63) is 65.9 Å². The largest absolute Gasteiger partial charge is 0.438 e. The lowest BCUT2D eigenvalue weighted by Gasteiger charge is -2.18. The number of pyridine rings is 1. The van der Waals surface area contributed by atoms with Gasteiger partial charge < -0.3 is 10.5 Å². The molecule has 0 aliphatic carbocycles. The van der Waals surface area contributed by atoms with Crippen LogP contribution in [0.3, 0.4) is 0 Å². The first-order chi connectivity index (χ1) is 13.1. The molecule has 0 bridgehead atoms. The first-order valence-electron chi connectivity index (χ1n) is 9.27. The van der Waals surface area contributed by atoms with E-state index in [4.69, 9.17) is 10.5 Å². The Morgan fingerprint density at radius 3 is 2.67 bits per heavy atom. The number of fused-ring (bicyclic) bond motifs is 1. The van der Waals surface area contributed by atoms with Gasteiger partial charge in [-0.25, -0.2) is 4.98 Å². The molecule has 2 N–H and O–H groups in total. The van der Waals surface area contributed by atoms with Crippen molar-refractivity contribution in [2.24, 2.45) is 11.7 Å². The molecule has 1 aliphatic rings. The zero-order chi connectivity index (χ0) is 18.8. The fourth-order valence-electron chi connectivity index (χ4n) is 3.67. The SMILES string of the molecule is C[C@@H]1CCN(Cc2ccc(Oc3ccc(C(N)=O)cn3)c3ccccc23)C1. The molecule has 5 heteroatoms. The fraction of sp³-hybridized carbons (Fsp3) is 0.273. The van der Waals surface area contributed by atoms with Gasteiger partial charge in [0, 0.05) is 30.7 Å². The second-order valence-corrected chi connectivity index (χ2v) is 7.25. The molecule has 27 heavy (non-hydrogen) atoms. The summed E-state index contributed by atoms with van der Waals surface area (Å²) in [5, 5.41) is 2.26. The fourth-order valence-corrected chi connectivity index (χ4v) is 3.67. The number of primary amides is 1. The van der Waals surface area contributed by atoms with Gasteiger partial charge in [0.25, 0.3) is 0 Å². The first kappa shape index (κ1) is 17.5. The Kier molecular flexibility index (Phi) is 4.77. The number of aromatic nitrogens is 1. The molecule has 0 saturated carbocycles. The van der Waals surface area contributed by atoms with E-state index >= 15 is 0 Å². The highest BCUT2D eigenvalue weighted by molar-refractivity contribution is 5.92. The summed E-state index contributed by atoms with van der Waals surface area (Å²) in [6.07, 6.45) is 2.70. The topological polar surface area (TPSA) is 68.5 Å². The third kappa shape index (κ3) is 3.78. The Morgan fingerprint density at radius 1 is 1.19 bits per heavy atom. The average Bonchev–Trinajstić information content (AvgIpc) is 3.09. The number of ether oxygens (including phenoxy) is 1. The van der Waals surface area contributed by atoms with E-state index in [1.54, 1.807) is 12.1 Å². The van der Waals surface area contributed by atoms with Crippen LogP contribution in [0.1, 0.15) is 29.3 Å². The third-order valence-corrected chi connectivity index (χ3v) is 5.11. The normalized spacial score (nSPS) is 17.3. The highest BCUT2D eigenvalue weighted by Crippen LogP contribution is 2.32. The maximum absolute atomic E-state index is 11.2. The molecule has 4 rings (SSSR count). The number of benzene rings is 2. The predicted molar refractivity (Wildman–Crippen MR) is 106 cm³/mol. The molecule has 5 nitrogen and oxygen atoms in total. The van der Waals surface area contributed by atoms with E-state index in [0.717, 1.165) is 36.7 Å². The lowest BCUT2D eigenvalue weighted by molar-refractivity contribution is 0.1000. The molecule has 1 fully saturated rings. The van der Waals surface area contributed by atoms with Crippen molar-refractivity contribution in [3.63, 3.8) is 0 Å². The van der Waals surface area contributed by atoms with Gasteiger partial charge in [-0.1, -0.05) is 37.3 Å². The Labute approximate surface area is 158 Å². The lowest BCUT2D eigenvalue weighted by Crippen LogP contribution is -2.19. The van der Waals surface area contributed by atoms with Crippen LogP contribution >= 0.6 is 0 Å². The number of nitrogens with zero attached hydrogens (tertiary/aromatic N) is 2. The molecule has 0 spiro atoms. The average molecular weight is 361 g/mol. The van der Waals surface area contributed by atoms with Gasteiger partial charge in [0.2, 0.25) is 11.8 Å². The van der Waals surface area contributed by atoms with Crippen LogP contribution in [0.4, 0.5) is 0 Å². The summed E-state index contributed by atoms with van der Waals surface area (Å²) in [6.45, 7) is 5.58. The number of carbonyl (C=O) groups excluding carboxylic acids is 1.